The van der Waals surface area contributed by atoms with Gasteiger partial charge in [-0.1, -0.05) is 0 Å². The molecule has 0 N–H and O–H groups in total. The summed E-state index contributed by atoms with van der Waals surface area (Å²) in [7, 11) is 0. The van der Waals surface area contributed by atoms with E-state index in [2.05, 4.69) is 5.10 Å². The molecule has 1 rings (SSSR count). The first kappa shape index (κ1) is 11.2. The molecule has 0 atom stereocenters. The summed E-state index contributed by atoms with van der Waals surface area (Å²) in [6.45, 7) is 0.168. The SMILES string of the molecule is N#CCCn1cc(C(=O)C(F)(F)F)cn1. The molecule has 0 aliphatic rings. The minimum Gasteiger partial charge on any atom is -0.284 e. The molecule has 1 aromatic heterocycles. The third-order valence-electron chi connectivity index (χ3n) is 1.61. The second-order valence-electron chi connectivity index (χ2n) is 2.73. The lowest BCUT2D eigenvalue weighted by Gasteiger charge is -2.01. The van der Waals surface area contributed by atoms with Gasteiger partial charge in [-0.15, -0.1) is 0 Å². The van der Waals surface area contributed by atoms with Crippen LogP contribution in [0.1, 0.15) is 16.8 Å². The van der Waals surface area contributed by atoms with Gasteiger partial charge >= 0.3 is 6.18 Å². The normalized spacial score (nSPS) is 11.1. The first-order valence-corrected chi connectivity index (χ1v) is 3.96. The quantitative estimate of drug-likeness (QED) is 0.721. The van der Waals surface area contributed by atoms with Crippen molar-refractivity contribution in [2.24, 2.45) is 0 Å². The molecule has 0 aliphatic heterocycles. The molecule has 0 radical (unpaired) electrons. The Bertz CT molecular complexity index is 402. The van der Waals surface area contributed by atoms with Crippen molar-refractivity contribution in [1.29, 1.82) is 5.26 Å². The van der Waals surface area contributed by atoms with E-state index in [-0.39, 0.29) is 13.0 Å². The average molecular weight is 217 g/mol. The zero-order valence-electron chi connectivity index (χ0n) is 7.45. The Morgan fingerprint density at radius 3 is 2.80 bits per heavy atom. The third-order valence-corrected chi connectivity index (χ3v) is 1.61. The van der Waals surface area contributed by atoms with Crippen LogP contribution in [0, 0.1) is 11.3 Å². The highest BCUT2D eigenvalue weighted by Gasteiger charge is 2.39. The fourth-order valence-corrected chi connectivity index (χ4v) is 0.931. The second kappa shape index (κ2) is 4.13. The number of nitrogens with zero attached hydrogens (tertiary/aromatic N) is 3. The van der Waals surface area contributed by atoms with Crippen molar-refractivity contribution in [3.8, 4) is 6.07 Å². The number of aryl methyl sites for hydroxylation is 1. The summed E-state index contributed by atoms with van der Waals surface area (Å²) < 4.78 is 37.0. The van der Waals surface area contributed by atoms with Gasteiger partial charge in [0.2, 0.25) is 0 Å². The van der Waals surface area contributed by atoms with Gasteiger partial charge in [0.15, 0.2) is 0 Å². The molecule has 80 valence electrons. The molecular weight excluding hydrogens is 211 g/mol. The van der Waals surface area contributed by atoms with Crippen molar-refractivity contribution < 1.29 is 18.0 Å². The predicted molar refractivity (Wildman–Crippen MR) is 42.8 cm³/mol. The van der Waals surface area contributed by atoms with Crippen LogP contribution in [0.25, 0.3) is 0 Å². The first-order chi connectivity index (χ1) is 6.95. The van der Waals surface area contributed by atoms with E-state index in [0.717, 1.165) is 17.1 Å². The first-order valence-electron chi connectivity index (χ1n) is 3.96. The Labute approximate surface area is 82.9 Å². The highest BCUT2D eigenvalue weighted by atomic mass is 19.4. The van der Waals surface area contributed by atoms with Gasteiger partial charge in [0, 0.05) is 6.20 Å². The summed E-state index contributed by atoms with van der Waals surface area (Å²) in [6, 6.07) is 1.82. The number of rotatable bonds is 3. The lowest BCUT2D eigenvalue weighted by atomic mass is 10.2. The van der Waals surface area contributed by atoms with Gasteiger partial charge in [0.05, 0.1) is 30.8 Å². The molecule has 0 spiro atoms. The number of alkyl halides is 3. The maximum atomic E-state index is 12.0. The van der Waals surface area contributed by atoms with Crippen molar-refractivity contribution in [3.05, 3.63) is 18.0 Å². The maximum absolute atomic E-state index is 12.0. The number of ketones is 1. The van der Waals surface area contributed by atoms with Crippen LogP contribution in [0.15, 0.2) is 12.4 Å². The zero-order chi connectivity index (χ0) is 11.5. The molecule has 0 aliphatic carbocycles. The standard InChI is InChI=1S/C8H6F3N3O/c9-8(10,11)7(15)6-4-13-14(5-6)3-1-2-12/h4-5H,1,3H2. The van der Waals surface area contributed by atoms with E-state index in [1.54, 1.807) is 0 Å². The number of carbonyl (C=O) groups is 1. The van der Waals surface area contributed by atoms with Crippen LogP contribution in [-0.4, -0.2) is 21.7 Å². The topological polar surface area (TPSA) is 58.7 Å². The van der Waals surface area contributed by atoms with Crippen molar-refractivity contribution in [2.45, 2.75) is 19.1 Å². The van der Waals surface area contributed by atoms with Gasteiger partial charge in [-0.05, 0) is 0 Å². The van der Waals surface area contributed by atoms with Crippen molar-refractivity contribution in [2.75, 3.05) is 0 Å². The van der Waals surface area contributed by atoms with Crippen molar-refractivity contribution >= 4 is 5.78 Å². The minimum atomic E-state index is -4.89. The summed E-state index contributed by atoms with van der Waals surface area (Å²) in [5.74, 6) is -1.93. The Morgan fingerprint density at radius 1 is 1.60 bits per heavy atom. The number of hydrogen-bond acceptors (Lipinski definition) is 3. The van der Waals surface area contributed by atoms with Gasteiger partial charge in [-0.25, -0.2) is 0 Å². The monoisotopic (exact) mass is 217 g/mol. The minimum absolute atomic E-state index is 0.126. The van der Waals surface area contributed by atoms with Crippen LogP contribution >= 0.6 is 0 Å². The van der Waals surface area contributed by atoms with E-state index in [1.807, 2.05) is 6.07 Å². The lowest BCUT2D eigenvalue weighted by Crippen LogP contribution is -2.22. The molecule has 0 aromatic carbocycles. The molecule has 1 heterocycles. The molecule has 0 bridgehead atoms. The van der Waals surface area contributed by atoms with Gasteiger partial charge in [0.25, 0.3) is 5.78 Å². The fraction of sp³-hybridized carbons (Fsp3) is 0.375. The molecule has 0 fully saturated rings. The number of halogens is 3. The van der Waals surface area contributed by atoms with Crippen LogP contribution in [0.5, 0.6) is 0 Å². The Balaban J connectivity index is 2.77. The van der Waals surface area contributed by atoms with Crippen LogP contribution in [-0.2, 0) is 6.54 Å². The van der Waals surface area contributed by atoms with Gasteiger partial charge in [-0.3, -0.25) is 9.48 Å². The van der Waals surface area contributed by atoms with Crippen molar-refractivity contribution in [3.63, 3.8) is 0 Å². The molecular formula is C8H6F3N3O. The maximum Gasteiger partial charge on any atom is 0.454 e. The smallest absolute Gasteiger partial charge is 0.284 e. The summed E-state index contributed by atoms with van der Waals surface area (Å²) in [5, 5.41) is 11.8. The van der Waals surface area contributed by atoms with E-state index in [0.29, 0.717) is 0 Å². The van der Waals surface area contributed by atoms with Crippen LogP contribution < -0.4 is 0 Å². The Kier molecular flexibility index (Phi) is 3.09. The number of Topliss-reactive ketones (excluding diaryl/α,β-unsaturated/α-hetero) is 1. The Morgan fingerprint density at radius 2 is 2.27 bits per heavy atom. The van der Waals surface area contributed by atoms with Crippen LogP contribution in [0.4, 0.5) is 13.2 Å². The van der Waals surface area contributed by atoms with E-state index >= 15 is 0 Å². The van der Waals surface area contributed by atoms with Crippen LogP contribution in [0.2, 0.25) is 0 Å². The van der Waals surface area contributed by atoms with E-state index in [9.17, 15) is 18.0 Å². The number of nitriles is 1. The Hall–Kier alpha value is -1.84. The number of aromatic nitrogens is 2. The molecule has 1 aromatic rings. The molecule has 0 saturated heterocycles. The van der Waals surface area contributed by atoms with Gasteiger partial charge < -0.3 is 0 Å². The summed E-state index contributed by atoms with van der Waals surface area (Å²) in [5.41, 5.74) is -0.513. The summed E-state index contributed by atoms with van der Waals surface area (Å²) in [6.07, 6.45) is -2.94. The second-order valence-corrected chi connectivity index (χ2v) is 2.73. The number of hydrogen-bond donors (Lipinski definition) is 0. The van der Waals surface area contributed by atoms with Gasteiger partial charge in [-0.2, -0.15) is 23.5 Å². The molecule has 4 nitrogen and oxygen atoms in total. The molecule has 0 saturated carbocycles. The average Bonchev–Trinajstić information content (AvgIpc) is 2.60. The molecule has 7 heteroatoms. The summed E-state index contributed by atoms with van der Waals surface area (Å²) >= 11 is 0. The molecule has 15 heavy (non-hydrogen) atoms. The summed E-state index contributed by atoms with van der Waals surface area (Å²) in [4.78, 5) is 10.7. The van der Waals surface area contributed by atoms with E-state index in [1.165, 1.54) is 0 Å². The highest BCUT2D eigenvalue weighted by molar-refractivity contribution is 5.99. The molecule has 0 amide bonds. The van der Waals surface area contributed by atoms with Crippen LogP contribution in [0.3, 0.4) is 0 Å². The highest BCUT2D eigenvalue weighted by Crippen LogP contribution is 2.20. The zero-order valence-corrected chi connectivity index (χ0v) is 7.45. The van der Waals surface area contributed by atoms with Crippen molar-refractivity contribution in [1.82, 2.24) is 9.78 Å². The fourth-order valence-electron chi connectivity index (χ4n) is 0.931. The predicted octanol–water partition coefficient (Wildman–Crippen LogP) is 1.54. The number of carbonyl (C=O) groups excluding carboxylic acids is 1. The third kappa shape index (κ3) is 2.80. The molecule has 0 unspecified atom stereocenters. The largest absolute Gasteiger partial charge is 0.454 e. The lowest BCUT2D eigenvalue weighted by molar-refractivity contribution is -0.0885. The van der Waals surface area contributed by atoms with E-state index < -0.39 is 17.5 Å². The van der Waals surface area contributed by atoms with E-state index in [4.69, 9.17) is 5.26 Å². The van der Waals surface area contributed by atoms with Gasteiger partial charge in [0.1, 0.15) is 0 Å².